The Hall–Kier alpha value is -2.65. The Morgan fingerprint density at radius 3 is 2.20 bits per heavy atom. The van der Waals surface area contributed by atoms with Crippen LogP contribution >= 0.6 is 11.8 Å². The van der Waals surface area contributed by atoms with Crippen molar-refractivity contribution in [3.8, 4) is 0 Å². The van der Waals surface area contributed by atoms with E-state index in [-0.39, 0.29) is 34.8 Å². The summed E-state index contributed by atoms with van der Waals surface area (Å²) in [6.07, 6.45) is -0.0719. The SMILES string of the molecule is CCN1C(=O)C(CC(=O)Nc2ccc(C)cc2)S/C1=N\S(=O)(=O)c1ccc(C)cc1. The molecule has 1 fully saturated rings. The van der Waals surface area contributed by atoms with Crippen molar-refractivity contribution in [2.24, 2.45) is 4.40 Å². The maximum Gasteiger partial charge on any atom is 0.284 e. The van der Waals surface area contributed by atoms with Gasteiger partial charge in [-0.15, -0.1) is 4.40 Å². The maximum atomic E-state index is 12.7. The fraction of sp³-hybridized carbons (Fsp3) is 0.286. The summed E-state index contributed by atoms with van der Waals surface area (Å²) in [7, 11) is -3.96. The van der Waals surface area contributed by atoms with E-state index < -0.39 is 15.3 Å². The molecule has 1 atom stereocenters. The van der Waals surface area contributed by atoms with Gasteiger partial charge in [0.25, 0.3) is 10.0 Å². The van der Waals surface area contributed by atoms with Crippen molar-refractivity contribution < 1.29 is 18.0 Å². The van der Waals surface area contributed by atoms with Gasteiger partial charge in [0.1, 0.15) is 5.25 Å². The highest BCUT2D eigenvalue weighted by molar-refractivity contribution is 8.16. The third-order valence-electron chi connectivity index (χ3n) is 4.56. The molecule has 0 radical (unpaired) electrons. The highest BCUT2D eigenvalue weighted by Crippen LogP contribution is 2.31. The Labute approximate surface area is 180 Å². The topological polar surface area (TPSA) is 95.9 Å². The summed E-state index contributed by atoms with van der Waals surface area (Å²) in [6.45, 7) is 5.81. The molecule has 1 heterocycles. The van der Waals surface area contributed by atoms with Crippen LogP contribution in [0.1, 0.15) is 24.5 Å². The first-order chi connectivity index (χ1) is 14.2. The van der Waals surface area contributed by atoms with Crippen LogP contribution in [0.5, 0.6) is 0 Å². The van der Waals surface area contributed by atoms with Crippen LogP contribution in [0.4, 0.5) is 5.69 Å². The lowest BCUT2D eigenvalue weighted by molar-refractivity contribution is -0.128. The van der Waals surface area contributed by atoms with Crippen molar-refractivity contribution in [2.75, 3.05) is 11.9 Å². The van der Waals surface area contributed by atoms with E-state index in [1.165, 1.54) is 17.0 Å². The van der Waals surface area contributed by atoms with E-state index in [1.54, 1.807) is 31.2 Å². The summed E-state index contributed by atoms with van der Waals surface area (Å²) in [4.78, 5) is 26.4. The van der Waals surface area contributed by atoms with Gasteiger partial charge in [0.05, 0.1) is 4.90 Å². The second-order valence-corrected chi connectivity index (χ2v) is 9.74. The number of hydrogen-bond acceptors (Lipinski definition) is 5. The Morgan fingerprint density at radius 2 is 1.63 bits per heavy atom. The first-order valence-corrected chi connectivity index (χ1v) is 11.8. The number of benzene rings is 2. The zero-order valence-electron chi connectivity index (χ0n) is 17.0. The zero-order valence-corrected chi connectivity index (χ0v) is 18.6. The number of thioether (sulfide) groups is 1. The number of aryl methyl sites for hydroxylation is 2. The number of nitrogens with one attached hydrogen (secondary N) is 1. The Balaban J connectivity index is 1.75. The third kappa shape index (κ3) is 5.09. The molecule has 0 spiro atoms. The molecule has 0 saturated carbocycles. The summed E-state index contributed by atoms with van der Waals surface area (Å²) in [5.74, 6) is -0.636. The number of hydrogen-bond donors (Lipinski definition) is 1. The van der Waals surface area contributed by atoms with Gasteiger partial charge < -0.3 is 5.32 Å². The van der Waals surface area contributed by atoms with Crippen molar-refractivity contribution in [1.29, 1.82) is 0 Å². The van der Waals surface area contributed by atoms with E-state index in [9.17, 15) is 18.0 Å². The molecule has 2 amide bonds. The Kier molecular flexibility index (Phi) is 6.62. The second kappa shape index (κ2) is 9.01. The average molecular weight is 446 g/mol. The van der Waals surface area contributed by atoms with E-state index in [1.807, 2.05) is 26.0 Å². The highest BCUT2D eigenvalue weighted by atomic mass is 32.2. The normalized spacial score (nSPS) is 18.1. The molecule has 158 valence electrons. The van der Waals surface area contributed by atoms with Crippen LogP contribution in [-0.4, -0.2) is 42.1 Å². The third-order valence-corrected chi connectivity index (χ3v) is 7.13. The molecule has 3 rings (SSSR count). The molecule has 1 unspecified atom stereocenters. The minimum atomic E-state index is -3.96. The molecule has 2 aromatic carbocycles. The molecule has 0 bridgehead atoms. The second-order valence-electron chi connectivity index (χ2n) is 6.97. The van der Waals surface area contributed by atoms with E-state index in [4.69, 9.17) is 0 Å². The molecule has 1 aliphatic rings. The minimum absolute atomic E-state index is 0.0604. The molecule has 30 heavy (non-hydrogen) atoms. The summed E-state index contributed by atoms with van der Waals surface area (Å²) in [5.41, 5.74) is 2.65. The smallest absolute Gasteiger partial charge is 0.284 e. The van der Waals surface area contributed by atoms with Gasteiger partial charge in [0.15, 0.2) is 5.17 Å². The standard InChI is InChI=1S/C21H23N3O4S2/c1-4-24-20(26)18(13-19(25)22-16-9-5-14(2)6-10-16)29-21(24)23-30(27,28)17-11-7-15(3)8-12-17/h5-12,18H,4,13H2,1-3H3,(H,22,25)/b23-21-. The monoisotopic (exact) mass is 445 g/mol. The minimum Gasteiger partial charge on any atom is -0.326 e. The molecule has 1 saturated heterocycles. The van der Waals surface area contributed by atoms with Crippen LogP contribution in [0, 0.1) is 13.8 Å². The molecule has 7 nitrogen and oxygen atoms in total. The zero-order chi connectivity index (χ0) is 21.9. The van der Waals surface area contributed by atoms with Crippen molar-refractivity contribution in [1.82, 2.24) is 4.90 Å². The van der Waals surface area contributed by atoms with Crippen LogP contribution in [0.2, 0.25) is 0 Å². The number of nitrogens with zero attached hydrogens (tertiary/aromatic N) is 2. The lowest BCUT2D eigenvalue weighted by Gasteiger charge is -2.13. The summed E-state index contributed by atoms with van der Waals surface area (Å²) < 4.78 is 29.2. The van der Waals surface area contributed by atoms with Crippen LogP contribution in [-0.2, 0) is 19.6 Å². The molecular formula is C21H23N3O4S2. The quantitative estimate of drug-likeness (QED) is 0.736. The van der Waals surface area contributed by atoms with Crippen LogP contribution in [0.15, 0.2) is 57.8 Å². The van der Waals surface area contributed by atoms with Gasteiger partial charge in [0.2, 0.25) is 11.8 Å². The number of carbonyl (C=O) groups excluding carboxylic acids is 2. The Morgan fingerprint density at radius 1 is 1.07 bits per heavy atom. The van der Waals surface area contributed by atoms with Gasteiger partial charge in [0, 0.05) is 18.7 Å². The predicted molar refractivity (Wildman–Crippen MR) is 119 cm³/mol. The summed E-state index contributed by atoms with van der Waals surface area (Å²) in [5, 5.41) is 2.14. The number of amides is 2. The number of carbonyl (C=O) groups is 2. The van der Waals surface area contributed by atoms with Crippen LogP contribution in [0.25, 0.3) is 0 Å². The molecule has 2 aromatic rings. The van der Waals surface area contributed by atoms with Gasteiger partial charge in [-0.1, -0.05) is 47.2 Å². The Bertz CT molecular complexity index is 1080. The van der Waals surface area contributed by atoms with Gasteiger partial charge in [-0.25, -0.2) is 0 Å². The number of rotatable bonds is 6. The van der Waals surface area contributed by atoms with E-state index in [0.717, 1.165) is 22.9 Å². The lowest BCUT2D eigenvalue weighted by Crippen LogP contribution is -2.33. The molecule has 0 aromatic heterocycles. The lowest BCUT2D eigenvalue weighted by atomic mass is 10.2. The van der Waals surface area contributed by atoms with Gasteiger partial charge >= 0.3 is 0 Å². The van der Waals surface area contributed by atoms with Crippen LogP contribution in [0.3, 0.4) is 0 Å². The summed E-state index contributed by atoms with van der Waals surface area (Å²) in [6, 6.07) is 13.7. The van der Waals surface area contributed by atoms with Crippen molar-refractivity contribution in [3.63, 3.8) is 0 Å². The predicted octanol–water partition coefficient (Wildman–Crippen LogP) is 3.34. The van der Waals surface area contributed by atoms with Gasteiger partial charge in [-0.3, -0.25) is 14.5 Å². The molecule has 1 aliphatic heterocycles. The molecule has 9 heteroatoms. The van der Waals surface area contributed by atoms with E-state index in [0.29, 0.717) is 5.69 Å². The molecule has 1 N–H and O–H groups in total. The number of amidine groups is 1. The van der Waals surface area contributed by atoms with Crippen molar-refractivity contribution in [3.05, 3.63) is 59.7 Å². The first-order valence-electron chi connectivity index (χ1n) is 9.46. The fourth-order valence-electron chi connectivity index (χ4n) is 2.88. The van der Waals surface area contributed by atoms with Crippen molar-refractivity contribution in [2.45, 2.75) is 37.3 Å². The molecular weight excluding hydrogens is 422 g/mol. The van der Waals surface area contributed by atoms with Gasteiger partial charge in [-0.2, -0.15) is 8.42 Å². The van der Waals surface area contributed by atoms with Crippen molar-refractivity contribution >= 4 is 44.5 Å². The van der Waals surface area contributed by atoms with Crippen LogP contribution < -0.4 is 5.32 Å². The fourth-order valence-corrected chi connectivity index (χ4v) is 5.30. The average Bonchev–Trinajstić information content (AvgIpc) is 2.97. The molecule has 0 aliphatic carbocycles. The first kappa shape index (κ1) is 22.0. The van der Waals surface area contributed by atoms with E-state index >= 15 is 0 Å². The number of anilines is 1. The van der Waals surface area contributed by atoms with E-state index in [2.05, 4.69) is 9.71 Å². The van der Waals surface area contributed by atoms with Gasteiger partial charge in [-0.05, 0) is 45.0 Å². The summed E-state index contributed by atoms with van der Waals surface area (Å²) >= 11 is 1.00. The number of sulfonamides is 1. The largest absolute Gasteiger partial charge is 0.326 e. The maximum absolute atomic E-state index is 12.7. The highest BCUT2D eigenvalue weighted by Gasteiger charge is 2.39.